The molecule has 2 aromatic carbocycles. The van der Waals surface area contributed by atoms with E-state index in [0.717, 1.165) is 10.9 Å². The van der Waals surface area contributed by atoms with Crippen LogP contribution in [-0.4, -0.2) is 52.8 Å². The lowest BCUT2D eigenvalue weighted by atomic mass is 9.77. The fourth-order valence-corrected chi connectivity index (χ4v) is 3.26. The van der Waals surface area contributed by atoms with Crippen LogP contribution in [0.2, 0.25) is 0 Å². The zero-order chi connectivity index (χ0) is 20.5. The number of benzene rings is 2. The third kappa shape index (κ3) is 3.39. The number of methoxy groups -OCH3 is 2. The van der Waals surface area contributed by atoms with Crippen LogP contribution in [0.25, 0.3) is 22.0 Å². The first-order valence-corrected chi connectivity index (χ1v) is 8.82. The molecule has 0 aliphatic carbocycles. The van der Waals surface area contributed by atoms with Gasteiger partial charge in [-0.3, -0.25) is 0 Å². The molecular weight excluding hydrogens is 373 g/mol. The lowest BCUT2D eigenvalue weighted by Gasteiger charge is -2.12. The van der Waals surface area contributed by atoms with Crippen LogP contribution in [0.1, 0.15) is 0 Å². The van der Waals surface area contributed by atoms with E-state index in [9.17, 15) is 10.0 Å². The van der Waals surface area contributed by atoms with Gasteiger partial charge in [-0.05, 0) is 28.9 Å². The van der Waals surface area contributed by atoms with Crippen molar-refractivity contribution in [3.63, 3.8) is 0 Å². The molecule has 0 unspecified atom stereocenters. The molecule has 1 aliphatic rings. The number of fused-ring (bicyclic) bond motifs is 1. The van der Waals surface area contributed by atoms with Gasteiger partial charge >= 0.3 is 7.12 Å². The van der Waals surface area contributed by atoms with E-state index in [1.165, 1.54) is 13.3 Å². The summed E-state index contributed by atoms with van der Waals surface area (Å²) < 4.78 is 12.3. The Morgan fingerprint density at radius 1 is 1.14 bits per heavy atom. The zero-order valence-corrected chi connectivity index (χ0v) is 15.9. The lowest BCUT2D eigenvalue weighted by Crippen LogP contribution is -2.31. The minimum Gasteiger partial charge on any atom is -0.497 e. The number of hydrogen-bond donors (Lipinski definition) is 3. The summed E-state index contributed by atoms with van der Waals surface area (Å²) in [6.07, 6.45) is 3.27. The summed E-state index contributed by atoms with van der Waals surface area (Å²) in [6.45, 7) is 0.405. The van der Waals surface area contributed by atoms with Crippen molar-refractivity contribution >= 4 is 34.9 Å². The number of azo groups is 2. The highest BCUT2D eigenvalue weighted by molar-refractivity contribution is 6.60. The summed E-state index contributed by atoms with van der Waals surface area (Å²) in [5.74, 6) is 1.04. The first-order chi connectivity index (χ1) is 14.0. The van der Waals surface area contributed by atoms with Crippen LogP contribution in [-0.2, 0) is 4.74 Å². The van der Waals surface area contributed by atoms with E-state index in [2.05, 4.69) is 15.3 Å². The topological polar surface area (TPSA) is 126 Å². The molecule has 10 heteroatoms. The minimum atomic E-state index is -1.70. The maximum Gasteiger partial charge on any atom is 0.492 e. The normalized spacial score (nSPS) is 13.2. The number of nitrogen functional groups attached to an aromatic ring is 1. The molecule has 4 N–H and O–H groups in total. The van der Waals surface area contributed by atoms with E-state index in [-0.39, 0.29) is 5.46 Å². The van der Waals surface area contributed by atoms with Crippen molar-refractivity contribution in [2.24, 2.45) is 5.11 Å². The smallest absolute Gasteiger partial charge is 0.492 e. The van der Waals surface area contributed by atoms with E-state index in [1.807, 2.05) is 18.2 Å². The Morgan fingerprint density at radius 3 is 2.66 bits per heavy atom. The van der Waals surface area contributed by atoms with E-state index in [1.54, 1.807) is 30.1 Å². The summed E-state index contributed by atoms with van der Waals surface area (Å²) in [5, 5.41) is 32.9. The summed E-state index contributed by atoms with van der Waals surface area (Å²) in [6, 6.07) is 8.95. The van der Waals surface area contributed by atoms with Crippen molar-refractivity contribution in [3.05, 3.63) is 48.5 Å². The Bertz CT molecular complexity index is 1160. The molecule has 2 heterocycles. The summed E-state index contributed by atoms with van der Waals surface area (Å²) in [7, 11) is 1.36. The Balaban J connectivity index is 1.95. The molecule has 4 rings (SSSR count). The number of nitrogens with two attached hydrogens (primary N) is 1. The highest BCUT2D eigenvalue weighted by Crippen LogP contribution is 2.36. The average molecular weight is 392 g/mol. The second-order valence-corrected chi connectivity index (χ2v) is 6.46. The minimum absolute atomic E-state index is 0.236. The van der Waals surface area contributed by atoms with E-state index in [4.69, 9.17) is 15.2 Å². The van der Waals surface area contributed by atoms with Gasteiger partial charge in [0.25, 0.3) is 0 Å². The van der Waals surface area contributed by atoms with Crippen LogP contribution in [0.15, 0.2) is 53.6 Å². The lowest BCUT2D eigenvalue weighted by molar-refractivity contribution is -0.433. The van der Waals surface area contributed by atoms with E-state index >= 15 is 0 Å². The van der Waals surface area contributed by atoms with E-state index in [0.29, 0.717) is 40.5 Å². The average Bonchev–Trinajstić information content (AvgIpc) is 3.22. The van der Waals surface area contributed by atoms with Crippen molar-refractivity contribution in [1.29, 1.82) is 0 Å². The van der Waals surface area contributed by atoms with Crippen molar-refractivity contribution < 1.29 is 24.2 Å². The molecule has 9 nitrogen and oxygen atoms in total. The molecule has 0 amide bonds. The predicted molar refractivity (Wildman–Crippen MR) is 108 cm³/mol. The van der Waals surface area contributed by atoms with Crippen LogP contribution >= 0.6 is 0 Å². The van der Waals surface area contributed by atoms with Crippen LogP contribution in [0, 0.1) is 0 Å². The Labute approximate surface area is 166 Å². The summed E-state index contributed by atoms with van der Waals surface area (Å²) >= 11 is 0. The van der Waals surface area contributed by atoms with Crippen LogP contribution in [0.3, 0.4) is 0 Å². The number of anilines is 1. The SMILES string of the molecule is COC1=C[N+](c2cc(OC)c(B(O)O)cc2-c2ccc3c(N)cnnc3c2)=NC1. The van der Waals surface area contributed by atoms with E-state index < -0.39 is 7.12 Å². The second-order valence-electron chi connectivity index (χ2n) is 6.46. The van der Waals surface area contributed by atoms with Gasteiger partial charge < -0.3 is 25.3 Å². The van der Waals surface area contributed by atoms with Gasteiger partial charge in [0.05, 0.1) is 43.3 Å². The standard InChI is InChI=1S/C19H19BN5O4/c1-28-12-8-23-25(10-12)18-7-19(29-2)15(20(26)27)6-14(18)11-3-4-13-16(21)9-22-24-17(13)5-11/h3-7,9-10,26-27H,8H2,1-2H3,(H2,21,24)/q+1. The molecule has 0 bridgehead atoms. The largest absolute Gasteiger partial charge is 0.497 e. The molecule has 29 heavy (non-hydrogen) atoms. The number of ether oxygens (including phenoxy) is 2. The quantitative estimate of drug-likeness (QED) is 0.439. The molecule has 0 spiro atoms. The molecule has 0 radical (unpaired) electrons. The third-order valence-electron chi connectivity index (χ3n) is 4.76. The molecule has 1 aliphatic heterocycles. The highest BCUT2D eigenvalue weighted by atomic mass is 16.5. The maximum atomic E-state index is 9.82. The molecule has 0 atom stereocenters. The van der Waals surface area contributed by atoms with Gasteiger partial charge in [-0.15, -0.1) is 0 Å². The Hall–Kier alpha value is -3.50. The van der Waals surface area contributed by atoms with Crippen LogP contribution in [0.5, 0.6) is 5.75 Å². The van der Waals surface area contributed by atoms with Gasteiger partial charge in [0.15, 0.2) is 12.3 Å². The van der Waals surface area contributed by atoms with Gasteiger partial charge in [-0.2, -0.15) is 10.2 Å². The molecule has 146 valence electrons. The maximum absolute atomic E-state index is 9.82. The number of aromatic nitrogens is 2. The zero-order valence-electron chi connectivity index (χ0n) is 15.9. The molecule has 3 aromatic rings. The van der Waals surface area contributed by atoms with Gasteiger partial charge in [0.1, 0.15) is 5.75 Å². The molecule has 1 aromatic heterocycles. The first-order valence-electron chi connectivity index (χ1n) is 8.82. The second kappa shape index (κ2) is 7.49. The van der Waals surface area contributed by atoms with Gasteiger partial charge in [-0.25, -0.2) is 0 Å². The van der Waals surface area contributed by atoms with Crippen molar-refractivity contribution in [3.8, 4) is 16.9 Å². The fourth-order valence-electron chi connectivity index (χ4n) is 3.26. The predicted octanol–water partition coefficient (Wildman–Crippen LogP) is 1.16. The van der Waals surface area contributed by atoms with Gasteiger partial charge in [0.2, 0.25) is 11.9 Å². The highest BCUT2D eigenvalue weighted by Gasteiger charge is 2.28. The number of nitrogens with zero attached hydrogens (tertiary/aromatic N) is 4. The van der Waals surface area contributed by atoms with Gasteiger partial charge in [-0.1, -0.05) is 10.8 Å². The molecule has 0 saturated carbocycles. The van der Waals surface area contributed by atoms with Gasteiger partial charge in [0, 0.05) is 10.8 Å². The fraction of sp³-hybridized carbons (Fsp3) is 0.158. The third-order valence-corrected chi connectivity index (χ3v) is 4.76. The summed E-state index contributed by atoms with van der Waals surface area (Å²) in [5.41, 5.74) is 9.55. The van der Waals surface area contributed by atoms with Crippen molar-refractivity contribution in [2.45, 2.75) is 0 Å². The van der Waals surface area contributed by atoms with Crippen molar-refractivity contribution in [1.82, 2.24) is 10.2 Å². The van der Waals surface area contributed by atoms with Crippen molar-refractivity contribution in [2.75, 3.05) is 26.5 Å². The molecule has 0 saturated heterocycles. The molecular formula is C19H19BN5O4+. The van der Waals surface area contributed by atoms with Crippen LogP contribution in [0.4, 0.5) is 11.4 Å². The molecule has 0 fully saturated rings. The Morgan fingerprint density at radius 2 is 1.97 bits per heavy atom. The monoisotopic (exact) mass is 392 g/mol. The number of hydrogen-bond acceptors (Lipinski definition) is 8. The van der Waals surface area contributed by atoms with Crippen LogP contribution < -0.4 is 15.9 Å². The Kier molecular flexibility index (Phi) is 4.87. The first kappa shape index (κ1) is 18.8. The number of rotatable bonds is 5. The summed E-state index contributed by atoms with van der Waals surface area (Å²) in [4.78, 5) is 0.